The lowest BCUT2D eigenvalue weighted by Gasteiger charge is -2.57. The summed E-state index contributed by atoms with van der Waals surface area (Å²) in [6, 6.07) is 4.12. The molecule has 1 saturated carbocycles. The van der Waals surface area contributed by atoms with E-state index in [1.165, 1.54) is 12.0 Å². The van der Waals surface area contributed by atoms with E-state index in [-0.39, 0.29) is 11.6 Å². The number of aliphatic hydroxyl groups is 1. The molecule has 2 bridgehead atoms. The molecule has 5 heteroatoms. The first kappa shape index (κ1) is 17.5. The molecule has 1 fully saturated rings. The molecule has 0 saturated heterocycles. The van der Waals surface area contributed by atoms with Crippen LogP contribution in [0.25, 0.3) is 0 Å². The van der Waals surface area contributed by atoms with Crippen molar-refractivity contribution < 1.29 is 5.11 Å². The summed E-state index contributed by atoms with van der Waals surface area (Å²) in [7, 11) is 0. The minimum absolute atomic E-state index is 0.278. The number of hydrogen-bond donors (Lipinski definition) is 1. The first-order valence-electron chi connectivity index (χ1n) is 9.63. The first-order valence-corrected chi connectivity index (χ1v) is 9.63. The highest BCUT2D eigenvalue weighted by atomic mass is 16.3. The van der Waals surface area contributed by atoms with Crippen molar-refractivity contribution >= 4 is 0 Å². The van der Waals surface area contributed by atoms with Crippen molar-refractivity contribution in [3.05, 3.63) is 46.6 Å². The molecule has 5 rings (SSSR count). The van der Waals surface area contributed by atoms with Crippen LogP contribution in [-0.2, 0) is 0 Å². The maximum Gasteiger partial charge on any atom is 0.173 e. The van der Waals surface area contributed by atoms with Crippen LogP contribution in [0.4, 0.5) is 0 Å². The lowest BCUT2D eigenvalue weighted by molar-refractivity contribution is -0.0307. The molecule has 0 aromatic carbocycles. The first-order chi connectivity index (χ1) is 12.2. The molecule has 0 amide bonds. The molecule has 3 atom stereocenters. The van der Waals surface area contributed by atoms with Crippen molar-refractivity contribution in [1.29, 1.82) is 0 Å². The minimum atomic E-state index is -0.628. The van der Waals surface area contributed by atoms with E-state index in [9.17, 15) is 5.11 Å². The Bertz CT molecular complexity index is 826. The van der Waals surface area contributed by atoms with Crippen LogP contribution in [0.1, 0.15) is 55.6 Å². The smallest absolute Gasteiger partial charge is 0.173 e. The van der Waals surface area contributed by atoms with E-state index in [2.05, 4.69) is 32.1 Å². The topological polar surface area (TPSA) is 55.9 Å². The second-order valence-corrected chi connectivity index (χ2v) is 8.85. The lowest BCUT2D eigenvalue weighted by Crippen LogP contribution is -2.51. The highest BCUT2D eigenvalue weighted by molar-refractivity contribution is 5.28. The van der Waals surface area contributed by atoms with Gasteiger partial charge in [-0.1, -0.05) is 19.9 Å². The van der Waals surface area contributed by atoms with Gasteiger partial charge in [-0.2, -0.15) is 10.2 Å². The molecule has 2 unspecified atom stereocenters. The Hall–Kier alpha value is -1.88. The van der Waals surface area contributed by atoms with E-state index in [1.807, 2.05) is 37.1 Å². The number of hydrogen-bond acceptors (Lipinski definition) is 3. The zero-order chi connectivity index (χ0) is 18.8. The number of aliphatic hydroxyl groups excluding tert-OH is 1. The molecule has 2 aromatic rings. The molecule has 2 aromatic heterocycles. The molecule has 140 valence electrons. The zero-order valence-corrected chi connectivity index (χ0v) is 16.7. The maximum absolute atomic E-state index is 11.5. The van der Waals surface area contributed by atoms with Gasteiger partial charge in [0.25, 0.3) is 0 Å². The van der Waals surface area contributed by atoms with Crippen LogP contribution in [0.2, 0.25) is 0 Å². The second kappa shape index (κ2) is 5.81. The van der Waals surface area contributed by atoms with Crippen molar-refractivity contribution in [3.8, 4) is 0 Å². The Morgan fingerprint density at radius 2 is 1.58 bits per heavy atom. The molecule has 5 nitrogen and oxygen atoms in total. The van der Waals surface area contributed by atoms with E-state index in [1.54, 1.807) is 0 Å². The van der Waals surface area contributed by atoms with Gasteiger partial charge in [0, 0.05) is 11.4 Å². The normalized spacial score (nSPS) is 25.2. The maximum atomic E-state index is 11.5. The summed E-state index contributed by atoms with van der Waals surface area (Å²) >= 11 is 0. The van der Waals surface area contributed by atoms with Crippen LogP contribution >= 0.6 is 0 Å². The summed E-state index contributed by atoms with van der Waals surface area (Å²) in [5, 5.41) is 20.9. The summed E-state index contributed by atoms with van der Waals surface area (Å²) in [5.41, 5.74) is 5.45. The van der Waals surface area contributed by atoms with E-state index in [4.69, 9.17) is 10.2 Å². The van der Waals surface area contributed by atoms with Crippen LogP contribution in [0.15, 0.2) is 23.8 Å². The molecular formula is C21H30N4O. The van der Waals surface area contributed by atoms with Gasteiger partial charge in [-0.3, -0.25) is 0 Å². The molecule has 3 aliphatic carbocycles. The fourth-order valence-corrected chi connectivity index (χ4v) is 5.10. The molecular weight excluding hydrogens is 324 g/mol. The fourth-order valence-electron chi connectivity index (χ4n) is 5.10. The average molecular weight is 354 g/mol. The Morgan fingerprint density at radius 3 is 1.96 bits per heavy atom. The molecule has 0 spiro atoms. The van der Waals surface area contributed by atoms with Gasteiger partial charge in [-0.25, -0.2) is 9.36 Å². The third-order valence-corrected chi connectivity index (χ3v) is 6.73. The van der Waals surface area contributed by atoms with Crippen molar-refractivity contribution in [2.75, 3.05) is 0 Å². The molecule has 0 radical (unpaired) electrons. The van der Waals surface area contributed by atoms with E-state index < -0.39 is 6.10 Å². The monoisotopic (exact) mass is 354 g/mol. The summed E-state index contributed by atoms with van der Waals surface area (Å²) in [6.45, 7) is 12.8. The third kappa shape index (κ3) is 2.48. The second-order valence-electron chi connectivity index (χ2n) is 8.85. The van der Waals surface area contributed by atoms with Gasteiger partial charge in [-0.05, 0) is 75.5 Å². The summed E-state index contributed by atoms with van der Waals surface area (Å²) in [4.78, 5) is 0. The molecule has 2 heterocycles. The largest absolute Gasteiger partial charge is 0.384 e. The van der Waals surface area contributed by atoms with Gasteiger partial charge in [-0.15, -0.1) is 0 Å². The van der Waals surface area contributed by atoms with Crippen LogP contribution in [-0.4, -0.2) is 30.8 Å². The van der Waals surface area contributed by atoms with Crippen LogP contribution < -0.4 is 0 Å². The number of rotatable bonds is 4. The van der Waals surface area contributed by atoms with Gasteiger partial charge in [0.2, 0.25) is 0 Å². The predicted octanol–water partition coefficient (Wildman–Crippen LogP) is 3.71. The van der Waals surface area contributed by atoms with Crippen LogP contribution in [0.3, 0.4) is 0 Å². The Morgan fingerprint density at radius 1 is 1.04 bits per heavy atom. The highest BCUT2D eigenvalue weighted by Crippen LogP contribution is 2.60. The van der Waals surface area contributed by atoms with Gasteiger partial charge in [0.15, 0.2) is 6.17 Å². The minimum Gasteiger partial charge on any atom is -0.384 e. The van der Waals surface area contributed by atoms with E-state index in [0.717, 1.165) is 35.1 Å². The standard InChI is InChI=1S/C21H30N4O/c1-12-9-14(3)24(22-12)20(25-15(4)10-13(2)23-25)19(26)17-8-7-16-11-18(17)21(16,5)6/h8-10,16,18-20,26H,7,11H2,1-6H3/t16?,18?,19-/m1/s1. The Balaban J connectivity index is 1.80. The van der Waals surface area contributed by atoms with Gasteiger partial charge >= 0.3 is 0 Å². The fraction of sp³-hybridized carbons (Fsp3) is 0.619. The van der Waals surface area contributed by atoms with Gasteiger partial charge in [0.1, 0.15) is 6.10 Å². The Kier molecular flexibility index (Phi) is 3.92. The number of aryl methyl sites for hydroxylation is 4. The van der Waals surface area contributed by atoms with Gasteiger partial charge < -0.3 is 5.11 Å². The molecule has 0 aliphatic heterocycles. The Labute approximate surface area is 155 Å². The van der Waals surface area contributed by atoms with Crippen molar-refractivity contribution in [1.82, 2.24) is 19.6 Å². The lowest BCUT2D eigenvalue weighted by atomic mass is 9.48. The predicted molar refractivity (Wildman–Crippen MR) is 102 cm³/mol. The zero-order valence-electron chi connectivity index (χ0n) is 16.7. The highest BCUT2D eigenvalue weighted by Gasteiger charge is 2.53. The van der Waals surface area contributed by atoms with Crippen LogP contribution in [0.5, 0.6) is 0 Å². The number of allylic oxidation sites excluding steroid dienone is 1. The average Bonchev–Trinajstić information content (AvgIpc) is 3.08. The molecule has 26 heavy (non-hydrogen) atoms. The SMILES string of the molecule is Cc1cc(C)n(C([C@H](O)C2=CCC3CC2C3(C)C)n2nc(C)cc2C)n1. The quantitative estimate of drug-likeness (QED) is 0.852. The summed E-state index contributed by atoms with van der Waals surface area (Å²) in [6.07, 6.45) is 3.56. The van der Waals surface area contributed by atoms with E-state index in [0.29, 0.717) is 5.92 Å². The van der Waals surface area contributed by atoms with Crippen molar-refractivity contribution in [3.63, 3.8) is 0 Å². The van der Waals surface area contributed by atoms with Crippen LogP contribution in [0, 0.1) is 44.9 Å². The van der Waals surface area contributed by atoms with Gasteiger partial charge in [0.05, 0.1) is 11.4 Å². The number of fused-ring (bicyclic) bond motifs is 1. The summed E-state index contributed by atoms with van der Waals surface area (Å²) in [5.74, 6) is 1.21. The molecule has 3 aliphatic rings. The number of aromatic nitrogens is 4. The molecule has 1 N–H and O–H groups in total. The van der Waals surface area contributed by atoms with Crippen molar-refractivity contribution in [2.45, 2.75) is 66.7 Å². The van der Waals surface area contributed by atoms with E-state index >= 15 is 0 Å². The third-order valence-electron chi connectivity index (χ3n) is 6.73. The summed E-state index contributed by atoms with van der Waals surface area (Å²) < 4.78 is 3.88. The van der Waals surface area contributed by atoms with Crippen molar-refractivity contribution in [2.24, 2.45) is 17.3 Å². The number of nitrogens with zero attached hydrogens (tertiary/aromatic N) is 4.